The van der Waals surface area contributed by atoms with Crippen molar-refractivity contribution in [1.29, 1.82) is 0 Å². The number of hydrazine groups is 1. The lowest BCUT2D eigenvalue weighted by Gasteiger charge is -2.49. The Labute approximate surface area is 136 Å². The van der Waals surface area contributed by atoms with Crippen LogP contribution in [-0.2, 0) is 4.79 Å². The third-order valence-electron chi connectivity index (χ3n) is 6.22. The van der Waals surface area contributed by atoms with Crippen LogP contribution in [0.2, 0.25) is 0 Å². The number of hydrogen-bond donors (Lipinski definition) is 0. The minimum Gasteiger partial charge on any atom is -0.277 e. The van der Waals surface area contributed by atoms with E-state index in [9.17, 15) is 4.79 Å². The maximum Gasteiger partial charge on any atom is 0.224 e. The molecule has 1 amide bonds. The summed E-state index contributed by atoms with van der Waals surface area (Å²) in [5, 5.41) is 4.78. The van der Waals surface area contributed by atoms with Gasteiger partial charge in [-0.2, -0.15) is 0 Å². The molecule has 0 aromatic heterocycles. The topological polar surface area (TPSA) is 23.6 Å². The Morgan fingerprint density at radius 2 is 0.909 bits per heavy atom. The Hall–Kier alpha value is -0.570. The number of hydrogen-bond acceptors (Lipinski definition) is 2. The molecule has 3 rings (SSSR count). The van der Waals surface area contributed by atoms with Crippen LogP contribution in [0.4, 0.5) is 0 Å². The maximum absolute atomic E-state index is 12.0. The average molecular weight is 306 g/mol. The van der Waals surface area contributed by atoms with Crippen LogP contribution < -0.4 is 0 Å². The molecule has 3 saturated carbocycles. The van der Waals surface area contributed by atoms with E-state index in [1.54, 1.807) is 0 Å². The Morgan fingerprint density at radius 3 is 1.27 bits per heavy atom. The van der Waals surface area contributed by atoms with Crippen LogP contribution in [0.5, 0.6) is 0 Å². The molecule has 22 heavy (non-hydrogen) atoms. The molecular formula is C19H34N2O. The zero-order chi connectivity index (χ0) is 15.2. The predicted octanol–water partition coefficient (Wildman–Crippen LogP) is 4.66. The van der Waals surface area contributed by atoms with Crippen molar-refractivity contribution in [3.63, 3.8) is 0 Å². The van der Waals surface area contributed by atoms with Crippen LogP contribution in [0.1, 0.15) is 96.3 Å². The predicted molar refractivity (Wildman–Crippen MR) is 90.4 cm³/mol. The molecule has 0 N–H and O–H groups in total. The summed E-state index contributed by atoms with van der Waals surface area (Å²) in [6.45, 7) is 0. The fraction of sp³-hybridized carbons (Fsp3) is 0.947. The van der Waals surface area contributed by atoms with E-state index in [-0.39, 0.29) is 0 Å². The highest BCUT2D eigenvalue weighted by Gasteiger charge is 2.35. The van der Waals surface area contributed by atoms with Gasteiger partial charge in [-0.15, -0.1) is 0 Å². The first kappa shape index (κ1) is 16.3. The molecule has 3 heteroatoms. The van der Waals surface area contributed by atoms with E-state index in [0.29, 0.717) is 18.1 Å². The standard InChI is InChI=1S/C19H34N2O/c22-16-20(17-10-4-1-5-11-17)21(18-12-6-2-7-13-18)19-14-8-3-9-15-19/h16-19H,1-15H2. The summed E-state index contributed by atoms with van der Waals surface area (Å²) in [6.07, 6.45) is 21.0. The maximum atomic E-state index is 12.0. The Morgan fingerprint density at radius 1 is 0.545 bits per heavy atom. The van der Waals surface area contributed by atoms with Crippen LogP contribution in [0, 0.1) is 0 Å². The van der Waals surface area contributed by atoms with Crippen molar-refractivity contribution >= 4 is 6.41 Å². The molecule has 126 valence electrons. The summed E-state index contributed by atoms with van der Waals surface area (Å²) in [4.78, 5) is 12.0. The minimum atomic E-state index is 0.482. The average Bonchev–Trinajstić information content (AvgIpc) is 2.62. The molecule has 0 spiro atoms. The fourth-order valence-electron chi connectivity index (χ4n) is 5.04. The number of carbonyl (C=O) groups is 1. The van der Waals surface area contributed by atoms with Crippen molar-refractivity contribution in [3.8, 4) is 0 Å². The first-order chi connectivity index (χ1) is 10.9. The summed E-state index contributed by atoms with van der Waals surface area (Å²) >= 11 is 0. The van der Waals surface area contributed by atoms with Gasteiger partial charge in [0, 0.05) is 18.1 Å². The van der Waals surface area contributed by atoms with E-state index in [2.05, 4.69) is 10.0 Å². The molecule has 0 bridgehead atoms. The van der Waals surface area contributed by atoms with E-state index in [0.717, 1.165) is 0 Å². The monoisotopic (exact) mass is 306 g/mol. The molecule has 3 aliphatic carbocycles. The molecule has 0 unspecified atom stereocenters. The molecule has 0 aromatic carbocycles. The van der Waals surface area contributed by atoms with Crippen LogP contribution in [0.3, 0.4) is 0 Å². The Bertz CT molecular complexity index is 310. The minimum absolute atomic E-state index is 0.482. The molecule has 0 atom stereocenters. The molecular weight excluding hydrogens is 272 g/mol. The van der Waals surface area contributed by atoms with Gasteiger partial charge in [0.25, 0.3) is 0 Å². The van der Waals surface area contributed by atoms with Gasteiger partial charge in [-0.05, 0) is 38.5 Å². The largest absolute Gasteiger partial charge is 0.277 e. The van der Waals surface area contributed by atoms with Gasteiger partial charge in [-0.3, -0.25) is 9.80 Å². The zero-order valence-electron chi connectivity index (χ0n) is 14.2. The zero-order valence-corrected chi connectivity index (χ0v) is 14.2. The van der Waals surface area contributed by atoms with Crippen molar-refractivity contribution in [2.24, 2.45) is 0 Å². The van der Waals surface area contributed by atoms with Crippen molar-refractivity contribution in [2.75, 3.05) is 0 Å². The normalized spacial score (nSPS) is 26.2. The van der Waals surface area contributed by atoms with Crippen LogP contribution in [-0.4, -0.2) is 34.6 Å². The van der Waals surface area contributed by atoms with Crippen molar-refractivity contribution in [3.05, 3.63) is 0 Å². The highest BCUT2D eigenvalue weighted by Crippen LogP contribution is 2.34. The Kier molecular flexibility index (Phi) is 6.17. The van der Waals surface area contributed by atoms with Crippen LogP contribution >= 0.6 is 0 Å². The second-order valence-electron chi connectivity index (χ2n) is 7.74. The molecule has 3 aliphatic rings. The number of amides is 1. The van der Waals surface area contributed by atoms with Crippen LogP contribution in [0.15, 0.2) is 0 Å². The first-order valence-electron chi connectivity index (χ1n) is 9.92. The second kappa shape index (κ2) is 8.33. The smallest absolute Gasteiger partial charge is 0.224 e. The molecule has 0 heterocycles. The molecule has 3 fully saturated rings. The molecule has 0 aliphatic heterocycles. The van der Waals surface area contributed by atoms with E-state index >= 15 is 0 Å². The number of carbonyl (C=O) groups excluding carboxylic acids is 1. The molecule has 0 saturated heterocycles. The van der Waals surface area contributed by atoms with E-state index in [1.165, 1.54) is 103 Å². The summed E-state index contributed by atoms with van der Waals surface area (Å²) in [5.74, 6) is 0. The summed E-state index contributed by atoms with van der Waals surface area (Å²) in [6, 6.07) is 1.74. The van der Waals surface area contributed by atoms with Gasteiger partial charge < -0.3 is 0 Å². The lowest BCUT2D eigenvalue weighted by Crippen LogP contribution is -2.58. The van der Waals surface area contributed by atoms with Gasteiger partial charge in [0.15, 0.2) is 0 Å². The fourth-order valence-corrected chi connectivity index (χ4v) is 5.04. The summed E-state index contributed by atoms with van der Waals surface area (Å²) in [5.41, 5.74) is 0. The van der Waals surface area contributed by atoms with Gasteiger partial charge >= 0.3 is 0 Å². The van der Waals surface area contributed by atoms with Crippen molar-refractivity contribution in [1.82, 2.24) is 10.0 Å². The number of rotatable bonds is 5. The summed E-state index contributed by atoms with van der Waals surface area (Å²) < 4.78 is 0. The first-order valence-corrected chi connectivity index (χ1v) is 9.92. The van der Waals surface area contributed by atoms with Gasteiger partial charge in [-0.1, -0.05) is 57.8 Å². The number of nitrogens with zero attached hydrogens (tertiary/aromatic N) is 2. The Balaban J connectivity index is 1.76. The SMILES string of the molecule is O=CN(C1CCCCC1)N(C1CCCCC1)C1CCCCC1. The van der Waals surface area contributed by atoms with Crippen molar-refractivity contribution in [2.45, 2.75) is 114 Å². The van der Waals surface area contributed by atoms with E-state index in [1.807, 2.05) is 0 Å². The van der Waals surface area contributed by atoms with Gasteiger partial charge in [-0.25, -0.2) is 5.01 Å². The summed E-state index contributed by atoms with van der Waals surface area (Å²) in [7, 11) is 0. The van der Waals surface area contributed by atoms with Gasteiger partial charge in [0.1, 0.15) is 0 Å². The lowest BCUT2D eigenvalue weighted by atomic mass is 9.89. The van der Waals surface area contributed by atoms with Gasteiger partial charge in [0.2, 0.25) is 6.41 Å². The molecule has 0 aromatic rings. The van der Waals surface area contributed by atoms with Crippen molar-refractivity contribution < 1.29 is 4.79 Å². The van der Waals surface area contributed by atoms with E-state index < -0.39 is 0 Å². The highest BCUT2D eigenvalue weighted by molar-refractivity contribution is 5.47. The quantitative estimate of drug-likeness (QED) is 0.545. The van der Waals surface area contributed by atoms with Gasteiger partial charge in [0.05, 0.1) is 0 Å². The second-order valence-corrected chi connectivity index (χ2v) is 7.74. The molecule has 3 nitrogen and oxygen atoms in total. The molecule has 0 radical (unpaired) electrons. The lowest BCUT2D eigenvalue weighted by molar-refractivity contribution is -0.163. The highest BCUT2D eigenvalue weighted by atomic mass is 16.2. The van der Waals surface area contributed by atoms with E-state index in [4.69, 9.17) is 0 Å². The third-order valence-corrected chi connectivity index (χ3v) is 6.22. The van der Waals surface area contributed by atoms with Crippen LogP contribution in [0.25, 0.3) is 0 Å². The third kappa shape index (κ3) is 3.84.